The molecule has 1 aliphatic rings. The van der Waals surface area contributed by atoms with Gasteiger partial charge in [0.2, 0.25) is 5.89 Å². The molecule has 0 unspecified atom stereocenters. The van der Waals surface area contributed by atoms with Crippen molar-refractivity contribution in [3.8, 4) is 17.2 Å². The van der Waals surface area contributed by atoms with Crippen molar-refractivity contribution in [1.82, 2.24) is 11.1 Å². The Morgan fingerprint density at radius 2 is 1.76 bits per heavy atom. The predicted octanol–water partition coefficient (Wildman–Crippen LogP) is 7.03. The minimum absolute atomic E-state index is 0. The fourth-order valence-electron chi connectivity index (χ4n) is 5.02. The molecule has 4 N–H and O–H groups in total. The van der Waals surface area contributed by atoms with E-state index >= 15 is 0 Å². The highest BCUT2D eigenvalue weighted by Gasteiger charge is 2.30. The monoisotopic (exact) mass is 567 g/mol. The maximum absolute atomic E-state index is 13.0. The van der Waals surface area contributed by atoms with Crippen molar-refractivity contribution in [2.45, 2.75) is 45.3 Å². The second-order valence-electron chi connectivity index (χ2n) is 9.78. The number of carbonyl (C=O) groups is 1. The quantitative estimate of drug-likeness (QED) is 0.223. The first-order valence-electron chi connectivity index (χ1n) is 13.1. The molecule has 0 amide bonds. The van der Waals surface area contributed by atoms with E-state index in [9.17, 15) is 23.1 Å². The van der Waals surface area contributed by atoms with Gasteiger partial charge in [0.25, 0.3) is 0 Å². The number of benzene rings is 3. The Morgan fingerprint density at radius 1 is 1.02 bits per heavy atom. The number of ether oxygens (including phenoxy) is 1. The molecular weight excluding hydrogens is 535 g/mol. The zero-order valence-electron chi connectivity index (χ0n) is 22.7. The highest BCUT2D eigenvalue weighted by molar-refractivity contribution is 5.67. The summed E-state index contributed by atoms with van der Waals surface area (Å²) in [5.41, 5.74) is 4.60. The minimum atomic E-state index is -4.39. The topological polar surface area (TPSA) is 111 Å². The number of halogens is 3. The van der Waals surface area contributed by atoms with Crippen LogP contribution >= 0.6 is 0 Å². The van der Waals surface area contributed by atoms with Crippen LogP contribution in [0.3, 0.4) is 0 Å². The number of aliphatic carboxylic acids is 1. The first kappa shape index (κ1) is 29.7. The molecule has 1 aromatic heterocycles. The largest absolute Gasteiger partial charge is 0.493 e. The number of aryl methyl sites for hydroxylation is 2. The Kier molecular flexibility index (Phi) is 9.02. The molecule has 2 heterocycles. The summed E-state index contributed by atoms with van der Waals surface area (Å²) in [7, 11) is 0. The molecule has 216 valence electrons. The Hall–Kier alpha value is -4.31. The smallest absolute Gasteiger partial charge is 0.416 e. The van der Waals surface area contributed by atoms with Crippen molar-refractivity contribution in [1.29, 1.82) is 0 Å². The Morgan fingerprint density at radius 3 is 2.44 bits per heavy atom. The summed E-state index contributed by atoms with van der Waals surface area (Å²) >= 11 is 0. The molecular formula is C31H32F3N3O4. The zero-order chi connectivity index (χ0) is 28.3. The van der Waals surface area contributed by atoms with Crippen LogP contribution in [0.25, 0.3) is 11.5 Å². The van der Waals surface area contributed by atoms with E-state index in [1.54, 1.807) is 0 Å². The molecule has 4 aromatic rings. The van der Waals surface area contributed by atoms with E-state index < -0.39 is 17.7 Å². The normalized spacial score (nSPS) is 12.9. The van der Waals surface area contributed by atoms with Gasteiger partial charge in [0.15, 0.2) is 0 Å². The van der Waals surface area contributed by atoms with Gasteiger partial charge in [-0.1, -0.05) is 24.3 Å². The van der Waals surface area contributed by atoms with Crippen LogP contribution in [0.2, 0.25) is 0 Å². The standard InChI is InChI=1S/C31H29F3N2O4.H3N/c1-20-27(35-30(40-20)22-5-3-2-4-6-22)16-18-39-28-13-7-21(8-14-29(37)38)26-19-36(17-15-25(26)28)24-11-9-23(10-12-24)31(32,33)34;/h2-7,9-13H,8,14-19H2,1H3,(H,37,38);1H3. The van der Waals surface area contributed by atoms with E-state index in [0.29, 0.717) is 50.5 Å². The second kappa shape index (κ2) is 12.5. The lowest BCUT2D eigenvalue weighted by atomic mass is 9.91. The predicted molar refractivity (Wildman–Crippen MR) is 149 cm³/mol. The third-order valence-corrected chi connectivity index (χ3v) is 7.14. The SMILES string of the molecule is Cc1oc(-c2ccccc2)nc1CCOc1ccc(CCC(=O)O)c2c1CCN(c1ccc(C(F)(F)F)cc1)C2.N. The summed E-state index contributed by atoms with van der Waals surface area (Å²) in [6.07, 6.45) is -2.87. The summed E-state index contributed by atoms with van der Waals surface area (Å²) in [5.74, 6) is 1.14. The molecule has 41 heavy (non-hydrogen) atoms. The maximum atomic E-state index is 13.0. The molecule has 0 radical (unpaired) electrons. The molecule has 7 nitrogen and oxygen atoms in total. The van der Waals surface area contributed by atoms with E-state index in [0.717, 1.165) is 51.6 Å². The second-order valence-corrected chi connectivity index (χ2v) is 9.78. The van der Waals surface area contributed by atoms with Crippen LogP contribution in [-0.2, 0) is 36.8 Å². The number of carboxylic acid groups (broad SMARTS) is 1. The first-order valence-corrected chi connectivity index (χ1v) is 13.1. The maximum Gasteiger partial charge on any atom is 0.416 e. The number of alkyl halides is 3. The van der Waals surface area contributed by atoms with Crippen LogP contribution in [0, 0.1) is 6.92 Å². The zero-order valence-corrected chi connectivity index (χ0v) is 22.7. The van der Waals surface area contributed by atoms with Gasteiger partial charge in [-0.25, -0.2) is 4.98 Å². The summed E-state index contributed by atoms with van der Waals surface area (Å²) < 4.78 is 51.2. The molecule has 0 saturated heterocycles. The molecule has 0 saturated carbocycles. The summed E-state index contributed by atoms with van der Waals surface area (Å²) in [6, 6.07) is 18.6. The van der Waals surface area contributed by atoms with Gasteiger partial charge in [-0.3, -0.25) is 4.79 Å². The highest BCUT2D eigenvalue weighted by atomic mass is 19.4. The van der Waals surface area contributed by atoms with E-state index in [2.05, 4.69) is 4.98 Å². The van der Waals surface area contributed by atoms with Crippen molar-refractivity contribution in [2.24, 2.45) is 0 Å². The molecule has 5 rings (SSSR count). The third kappa shape index (κ3) is 6.89. The number of fused-ring (bicyclic) bond motifs is 1. The number of hydrogen-bond donors (Lipinski definition) is 2. The van der Waals surface area contributed by atoms with Gasteiger partial charge in [0.1, 0.15) is 11.5 Å². The first-order chi connectivity index (χ1) is 19.2. The minimum Gasteiger partial charge on any atom is -0.493 e. The van der Waals surface area contributed by atoms with Crippen LogP contribution in [0.15, 0.2) is 71.1 Å². The number of nitrogens with zero attached hydrogens (tertiary/aromatic N) is 2. The van der Waals surface area contributed by atoms with E-state index in [1.165, 1.54) is 12.1 Å². The van der Waals surface area contributed by atoms with Gasteiger partial charge in [-0.15, -0.1) is 0 Å². The van der Waals surface area contributed by atoms with Crippen molar-refractivity contribution in [3.63, 3.8) is 0 Å². The van der Waals surface area contributed by atoms with Gasteiger partial charge in [0.05, 0.1) is 17.9 Å². The number of anilines is 1. The molecule has 10 heteroatoms. The molecule has 0 fully saturated rings. The lowest BCUT2D eigenvalue weighted by Crippen LogP contribution is -2.31. The lowest BCUT2D eigenvalue weighted by molar-refractivity contribution is -0.138. The Balaban J connectivity index is 0.00000387. The Bertz CT molecular complexity index is 1490. The van der Waals surface area contributed by atoms with Gasteiger partial charge in [-0.05, 0) is 73.4 Å². The molecule has 1 aliphatic heterocycles. The van der Waals surface area contributed by atoms with Crippen LogP contribution < -0.4 is 15.8 Å². The average molecular weight is 568 g/mol. The number of carboxylic acids is 1. The fraction of sp³-hybridized carbons (Fsp3) is 0.290. The summed E-state index contributed by atoms with van der Waals surface area (Å²) in [4.78, 5) is 17.9. The van der Waals surface area contributed by atoms with Crippen LogP contribution in [-0.4, -0.2) is 29.2 Å². The van der Waals surface area contributed by atoms with Gasteiger partial charge < -0.3 is 25.3 Å². The molecule has 0 atom stereocenters. The lowest BCUT2D eigenvalue weighted by Gasteiger charge is -2.33. The van der Waals surface area contributed by atoms with Crippen molar-refractivity contribution >= 4 is 11.7 Å². The number of aromatic nitrogens is 1. The van der Waals surface area contributed by atoms with Crippen LogP contribution in [0.5, 0.6) is 5.75 Å². The number of rotatable bonds is 9. The molecule has 0 bridgehead atoms. The number of hydrogen-bond acceptors (Lipinski definition) is 6. The summed E-state index contributed by atoms with van der Waals surface area (Å²) in [5, 5.41) is 9.24. The van der Waals surface area contributed by atoms with Gasteiger partial charge >= 0.3 is 12.1 Å². The Labute approximate surface area is 236 Å². The summed E-state index contributed by atoms with van der Waals surface area (Å²) in [6.45, 7) is 3.31. The number of oxazole rings is 1. The van der Waals surface area contributed by atoms with E-state index in [-0.39, 0.29) is 12.6 Å². The van der Waals surface area contributed by atoms with Crippen molar-refractivity contribution < 1.29 is 32.2 Å². The average Bonchev–Trinajstić information content (AvgIpc) is 3.32. The highest BCUT2D eigenvalue weighted by Crippen LogP contribution is 2.35. The van der Waals surface area contributed by atoms with Crippen LogP contribution in [0.1, 0.15) is 40.1 Å². The third-order valence-electron chi connectivity index (χ3n) is 7.14. The van der Waals surface area contributed by atoms with Gasteiger partial charge in [-0.2, -0.15) is 13.2 Å². The van der Waals surface area contributed by atoms with Crippen molar-refractivity contribution in [3.05, 3.63) is 100 Å². The molecule has 0 spiro atoms. The fourth-order valence-corrected chi connectivity index (χ4v) is 5.02. The molecule has 0 aliphatic carbocycles. The van der Waals surface area contributed by atoms with E-state index in [4.69, 9.17) is 9.15 Å². The van der Waals surface area contributed by atoms with Crippen LogP contribution in [0.4, 0.5) is 18.9 Å². The molecule has 3 aromatic carbocycles. The van der Waals surface area contributed by atoms with Gasteiger partial charge in [0, 0.05) is 42.7 Å². The van der Waals surface area contributed by atoms with Crippen molar-refractivity contribution in [2.75, 3.05) is 18.1 Å². The van der Waals surface area contributed by atoms with E-state index in [1.807, 2.05) is 54.3 Å².